The fourth-order valence-electron chi connectivity index (χ4n) is 1.31. The van der Waals surface area contributed by atoms with E-state index in [4.69, 9.17) is 22.1 Å². The van der Waals surface area contributed by atoms with E-state index in [1.165, 1.54) is 0 Å². The molecule has 1 aromatic rings. The second-order valence-corrected chi connectivity index (χ2v) is 4.13. The van der Waals surface area contributed by atoms with Crippen LogP contribution in [0.15, 0.2) is 18.2 Å². The van der Waals surface area contributed by atoms with Gasteiger partial charge in [0, 0.05) is 12.6 Å². The van der Waals surface area contributed by atoms with Gasteiger partial charge in [-0.25, -0.2) is 0 Å². The van der Waals surface area contributed by atoms with Crippen molar-refractivity contribution >= 4 is 17.5 Å². The van der Waals surface area contributed by atoms with Crippen LogP contribution in [0, 0.1) is 0 Å². The molecule has 0 unspecified atom stereocenters. The van der Waals surface area contributed by atoms with E-state index in [0.717, 1.165) is 5.56 Å². The molecular formula is C12H17ClN2O2. The molecule has 0 saturated heterocycles. The molecule has 17 heavy (non-hydrogen) atoms. The van der Waals surface area contributed by atoms with Crippen molar-refractivity contribution in [3.05, 3.63) is 28.8 Å². The molecule has 1 aromatic carbocycles. The molecule has 0 radical (unpaired) electrons. The molecule has 0 spiro atoms. The maximum absolute atomic E-state index is 11.2. The number of ether oxygens (including phenoxy) is 1. The van der Waals surface area contributed by atoms with E-state index in [1.54, 1.807) is 12.1 Å². The highest BCUT2D eigenvalue weighted by Crippen LogP contribution is 2.27. The van der Waals surface area contributed by atoms with Gasteiger partial charge in [0.15, 0.2) is 6.61 Å². The molecule has 1 atom stereocenters. The Kier molecular flexibility index (Phi) is 5.25. The molecule has 4 nitrogen and oxygen atoms in total. The van der Waals surface area contributed by atoms with Crippen LogP contribution in [0.1, 0.15) is 25.5 Å². The number of carbonyl (C=O) groups is 1. The third kappa shape index (κ3) is 4.24. The molecule has 94 valence electrons. The number of benzene rings is 1. The topological polar surface area (TPSA) is 64.3 Å². The van der Waals surface area contributed by atoms with Crippen LogP contribution in [0.4, 0.5) is 0 Å². The minimum atomic E-state index is -0.167. The molecular weight excluding hydrogens is 240 g/mol. The summed E-state index contributed by atoms with van der Waals surface area (Å²) in [6.07, 6.45) is 0. The Hall–Kier alpha value is -1.26. The van der Waals surface area contributed by atoms with Crippen molar-refractivity contribution in [2.75, 3.05) is 13.2 Å². The summed E-state index contributed by atoms with van der Waals surface area (Å²) in [6.45, 7) is 4.27. The van der Waals surface area contributed by atoms with Gasteiger partial charge in [-0.1, -0.05) is 17.7 Å². The van der Waals surface area contributed by atoms with Gasteiger partial charge in [0.2, 0.25) is 0 Å². The number of rotatable bonds is 5. The van der Waals surface area contributed by atoms with E-state index < -0.39 is 0 Å². The van der Waals surface area contributed by atoms with Crippen LogP contribution in [0.25, 0.3) is 0 Å². The smallest absolute Gasteiger partial charge is 0.257 e. The number of halogens is 1. The van der Waals surface area contributed by atoms with Gasteiger partial charge in [0.1, 0.15) is 5.75 Å². The Labute approximate surface area is 106 Å². The monoisotopic (exact) mass is 256 g/mol. The van der Waals surface area contributed by atoms with E-state index in [-0.39, 0.29) is 18.6 Å². The Balaban J connectivity index is 2.63. The van der Waals surface area contributed by atoms with Gasteiger partial charge < -0.3 is 15.8 Å². The summed E-state index contributed by atoms with van der Waals surface area (Å²) >= 11 is 6.02. The molecule has 0 aliphatic heterocycles. The summed E-state index contributed by atoms with van der Waals surface area (Å²) in [5.74, 6) is 0.321. The molecule has 0 saturated carbocycles. The van der Waals surface area contributed by atoms with Gasteiger partial charge in [-0.2, -0.15) is 0 Å². The number of nitrogens with two attached hydrogens (primary N) is 1. The molecule has 0 aliphatic carbocycles. The van der Waals surface area contributed by atoms with E-state index in [0.29, 0.717) is 17.3 Å². The molecule has 5 heteroatoms. The van der Waals surface area contributed by atoms with Gasteiger partial charge >= 0.3 is 0 Å². The van der Waals surface area contributed by atoms with E-state index >= 15 is 0 Å². The largest absolute Gasteiger partial charge is 0.482 e. The van der Waals surface area contributed by atoms with Crippen LogP contribution >= 0.6 is 11.6 Å². The standard InChI is InChI=1S/C12H17ClN2O2/c1-3-15-12(16)7-17-11-5-4-9(8(2)14)6-10(11)13/h4-6,8H,3,7,14H2,1-2H3,(H,15,16)/t8-/m0/s1. The SMILES string of the molecule is CCNC(=O)COc1ccc([C@H](C)N)cc1Cl. The van der Waals surface area contributed by atoms with E-state index in [9.17, 15) is 4.79 Å². The molecule has 0 bridgehead atoms. The van der Waals surface area contributed by atoms with Crippen molar-refractivity contribution in [1.82, 2.24) is 5.32 Å². The van der Waals surface area contributed by atoms with Crippen molar-refractivity contribution < 1.29 is 9.53 Å². The normalized spacial score (nSPS) is 12.0. The van der Waals surface area contributed by atoms with Crippen LogP contribution < -0.4 is 15.8 Å². The number of hydrogen-bond donors (Lipinski definition) is 2. The number of hydrogen-bond acceptors (Lipinski definition) is 3. The third-order valence-corrected chi connectivity index (χ3v) is 2.51. The van der Waals surface area contributed by atoms with Gasteiger partial charge in [0.05, 0.1) is 5.02 Å². The van der Waals surface area contributed by atoms with Gasteiger partial charge in [0.25, 0.3) is 5.91 Å². The summed E-state index contributed by atoms with van der Waals surface area (Å²) < 4.78 is 5.30. The number of nitrogens with one attached hydrogen (secondary N) is 1. The first-order valence-corrected chi connectivity index (χ1v) is 5.87. The lowest BCUT2D eigenvalue weighted by atomic mass is 10.1. The molecule has 0 heterocycles. The Morgan fingerprint density at radius 1 is 1.59 bits per heavy atom. The minimum Gasteiger partial charge on any atom is -0.482 e. The highest BCUT2D eigenvalue weighted by Gasteiger charge is 2.07. The van der Waals surface area contributed by atoms with Crippen molar-refractivity contribution in [3.8, 4) is 5.75 Å². The zero-order valence-corrected chi connectivity index (χ0v) is 10.8. The molecule has 3 N–H and O–H groups in total. The molecule has 0 fully saturated rings. The summed E-state index contributed by atoms with van der Waals surface area (Å²) in [7, 11) is 0. The van der Waals surface area contributed by atoms with E-state index in [1.807, 2.05) is 19.9 Å². The van der Waals surface area contributed by atoms with Crippen molar-refractivity contribution in [1.29, 1.82) is 0 Å². The average Bonchev–Trinajstić information content (AvgIpc) is 2.27. The highest BCUT2D eigenvalue weighted by molar-refractivity contribution is 6.32. The number of carbonyl (C=O) groups excluding carboxylic acids is 1. The van der Waals surface area contributed by atoms with Crippen LogP contribution in [0.2, 0.25) is 5.02 Å². The lowest BCUT2D eigenvalue weighted by Crippen LogP contribution is -2.28. The Morgan fingerprint density at radius 3 is 2.82 bits per heavy atom. The van der Waals surface area contributed by atoms with Crippen molar-refractivity contribution in [2.45, 2.75) is 19.9 Å². The van der Waals surface area contributed by atoms with Crippen LogP contribution in [0.5, 0.6) is 5.75 Å². The Morgan fingerprint density at radius 2 is 2.29 bits per heavy atom. The summed E-state index contributed by atoms with van der Waals surface area (Å²) in [5, 5.41) is 3.10. The summed E-state index contributed by atoms with van der Waals surface area (Å²) in [4.78, 5) is 11.2. The first-order valence-electron chi connectivity index (χ1n) is 5.49. The van der Waals surface area contributed by atoms with Crippen molar-refractivity contribution in [3.63, 3.8) is 0 Å². The molecule has 1 rings (SSSR count). The maximum Gasteiger partial charge on any atom is 0.257 e. The van der Waals surface area contributed by atoms with Gasteiger partial charge in [-0.15, -0.1) is 0 Å². The summed E-state index contributed by atoms with van der Waals surface area (Å²) in [5.41, 5.74) is 6.66. The first kappa shape index (κ1) is 13.8. The van der Waals surface area contributed by atoms with E-state index in [2.05, 4.69) is 5.32 Å². The second-order valence-electron chi connectivity index (χ2n) is 3.72. The van der Waals surface area contributed by atoms with Crippen molar-refractivity contribution in [2.24, 2.45) is 5.73 Å². The summed E-state index contributed by atoms with van der Waals surface area (Å²) in [6, 6.07) is 5.23. The van der Waals surface area contributed by atoms with Crippen LogP contribution in [-0.2, 0) is 4.79 Å². The molecule has 0 aliphatic rings. The van der Waals surface area contributed by atoms with Gasteiger partial charge in [-0.05, 0) is 31.5 Å². The highest BCUT2D eigenvalue weighted by atomic mass is 35.5. The zero-order valence-electron chi connectivity index (χ0n) is 10.00. The lowest BCUT2D eigenvalue weighted by molar-refractivity contribution is -0.122. The zero-order chi connectivity index (χ0) is 12.8. The predicted molar refractivity (Wildman–Crippen MR) is 68.2 cm³/mol. The third-order valence-electron chi connectivity index (χ3n) is 2.21. The first-order chi connectivity index (χ1) is 8.04. The number of likely N-dealkylation sites (N-methyl/N-ethyl adjacent to an activating group) is 1. The molecule has 0 aromatic heterocycles. The number of amides is 1. The second kappa shape index (κ2) is 6.47. The van der Waals surface area contributed by atoms with Crippen LogP contribution in [0.3, 0.4) is 0 Å². The fourth-order valence-corrected chi connectivity index (χ4v) is 1.55. The van der Waals surface area contributed by atoms with Crippen LogP contribution in [-0.4, -0.2) is 19.1 Å². The Bertz CT molecular complexity index is 394. The average molecular weight is 257 g/mol. The fraction of sp³-hybridized carbons (Fsp3) is 0.417. The predicted octanol–water partition coefficient (Wildman–Crippen LogP) is 1.87. The maximum atomic E-state index is 11.2. The molecule has 1 amide bonds. The quantitative estimate of drug-likeness (QED) is 0.845. The minimum absolute atomic E-state index is 0.0366. The lowest BCUT2D eigenvalue weighted by Gasteiger charge is -2.11. The van der Waals surface area contributed by atoms with Gasteiger partial charge in [-0.3, -0.25) is 4.79 Å².